The molecule has 0 unspecified atom stereocenters. The highest BCUT2D eigenvalue weighted by molar-refractivity contribution is 6.00. The summed E-state index contributed by atoms with van der Waals surface area (Å²) in [6, 6.07) is 9.37. The Kier molecular flexibility index (Phi) is 7.62. The first-order valence-electron chi connectivity index (χ1n) is 7.75. The van der Waals surface area contributed by atoms with Crippen molar-refractivity contribution in [1.29, 1.82) is 0 Å². The van der Waals surface area contributed by atoms with Crippen molar-refractivity contribution in [3.63, 3.8) is 0 Å². The van der Waals surface area contributed by atoms with Crippen molar-refractivity contribution in [2.24, 2.45) is 0 Å². The molecule has 0 aliphatic rings. The van der Waals surface area contributed by atoms with Crippen LogP contribution >= 0.6 is 0 Å². The van der Waals surface area contributed by atoms with Crippen molar-refractivity contribution in [3.8, 4) is 5.75 Å². The Morgan fingerprint density at radius 2 is 1.59 bits per heavy atom. The van der Waals surface area contributed by atoms with E-state index in [9.17, 15) is 14.4 Å². The largest absolute Gasteiger partial charge is 0.495 e. The monoisotopic (exact) mass is 374 g/mol. The molecule has 9 heteroatoms. The number of rotatable bonds is 4. The summed E-state index contributed by atoms with van der Waals surface area (Å²) >= 11 is 0. The summed E-state index contributed by atoms with van der Waals surface area (Å²) in [6.07, 6.45) is 0. The molecular formula is C18H22N4O5. The second-order valence-corrected chi connectivity index (χ2v) is 5.43. The van der Waals surface area contributed by atoms with Gasteiger partial charge in [-0.1, -0.05) is 0 Å². The van der Waals surface area contributed by atoms with E-state index in [4.69, 9.17) is 21.3 Å². The molecular weight excluding hydrogens is 352 g/mol. The third-order valence-electron chi connectivity index (χ3n) is 3.14. The number of nitrogen functional groups attached to an aromatic ring is 2. The second kappa shape index (κ2) is 9.66. The summed E-state index contributed by atoms with van der Waals surface area (Å²) in [5, 5.41) is 13.8. The van der Waals surface area contributed by atoms with Crippen LogP contribution in [0, 0.1) is 0 Å². The van der Waals surface area contributed by atoms with Gasteiger partial charge in [0, 0.05) is 31.3 Å². The van der Waals surface area contributed by atoms with Crippen molar-refractivity contribution >= 4 is 40.5 Å². The summed E-state index contributed by atoms with van der Waals surface area (Å²) in [5.74, 6) is -1.00. The van der Waals surface area contributed by atoms with E-state index in [1.807, 2.05) is 0 Å². The molecule has 2 amide bonds. The third-order valence-corrected chi connectivity index (χ3v) is 3.14. The smallest absolute Gasteiger partial charge is 0.337 e. The fourth-order valence-corrected chi connectivity index (χ4v) is 2.03. The molecule has 0 aliphatic carbocycles. The Balaban J connectivity index is 0.000000271. The van der Waals surface area contributed by atoms with Gasteiger partial charge in [0.05, 0.1) is 24.0 Å². The van der Waals surface area contributed by atoms with E-state index in [1.165, 1.54) is 39.2 Å². The zero-order valence-corrected chi connectivity index (χ0v) is 15.2. The molecule has 0 heterocycles. The van der Waals surface area contributed by atoms with Crippen LogP contribution in [0.1, 0.15) is 24.2 Å². The van der Waals surface area contributed by atoms with Crippen LogP contribution in [0.3, 0.4) is 0 Å². The van der Waals surface area contributed by atoms with Gasteiger partial charge in [0.2, 0.25) is 11.8 Å². The van der Waals surface area contributed by atoms with E-state index < -0.39 is 5.97 Å². The molecule has 0 aromatic heterocycles. The number of ether oxygens (including phenoxy) is 1. The quantitative estimate of drug-likeness (QED) is 0.513. The van der Waals surface area contributed by atoms with Crippen LogP contribution in [-0.4, -0.2) is 30.0 Å². The summed E-state index contributed by atoms with van der Waals surface area (Å²) in [7, 11) is 1.53. The van der Waals surface area contributed by atoms with Crippen molar-refractivity contribution in [2.45, 2.75) is 13.8 Å². The molecule has 9 nitrogen and oxygen atoms in total. The Bertz CT molecular complexity index is 852. The Morgan fingerprint density at radius 1 is 0.963 bits per heavy atom. The highest BCUT2D eigenvalue weighted by Crippen LogP contribution is 2.24. The maximum absolute atomic E-state index is 10.7. The summed E-state index contributed by atoms with van der Waals surface area (Å²) < 4.78 is 4.99. The van der Waals surface area contributed by atoms with Crippen molar-refractivity contribution in [2.75, 3.05) is 29.2 Å². The maximum Gasteiger partial charge on any atom is 0.337 e. The van der Waals surface area contributed by atoms with Gasteiger partial charge in [0.25, 0.3) is 0 Å². The molecule has 0 saturated carbocycles. The molecule has 0 saturated heterocycles. The number of carbonyl (C=O) groups excluding carboxylic acids is 2. The van der Waals surface area contributed by atoms with Crippen LogP contribution in [0.15, 0.2) is 36.4 Å². The van der Waals surface area contributed by atoms with Crippen LogP contribution < -0.4 is 26.8 Å². The van der Waals surface area contributed by atoms with Crippen LogP contribution in [0.4, 0.5) is 22.7 Å². The number of nitrogens with one attached hydrogen (secondary N) is 2. The summed E-state index contributed by atoms with van der Waals surface area (Å²) in [4.78, 5) is 32.2. The van der Waals surface area contributed by atoms with Gasteiger partial charge in [0.15, 0.2) is 0 Å². The van der Waals surface area contributed by atoms with E-state index in [2.05, 4.69) is 10.6 Å². The van der Waals surface area contributed by atoms with Gasteiger partial charge >= 0.3 is 5.97 Å². The average Bonchev–Trinajstić information content (AvgIpc) is 2.57. The fraction of sp³-hybridized carbons (Fsp3) is 0.167. The van der Waals surface area contributed by atoms with E-state index in [1.54, 1.807) is 18.2 Å². The Morgan fingerprint density at radius 3 is 2.11 bits per heavy atom. The topological polar surface area (TPSA) is 157 Å². The molecule has 0 spiro atoms. The number of carboxylic acids is 1. The molecule has 2 aromatic carbocycles. The molecule has 0 fully saturated rings. The van der Waals surface area contributed by atoms with E-state index in [0.717, 1.165) is 0 Å². The molecule has 0 atom stereocenters. The van der Waals surface area contributed by atoms with Gasteiger partial charge < -0.3 is 31.9 Å². The number of aromatic carboxylic acids is 1. The zero-order valence-electron chi connectivity index (χ0n) is 15.2. The number of nitrogens with two attached hydrogens (primary N) is 2. The maximum atomic E-state index is 10.7. The van der Waals surface area contributed by atoms with Crippen molar-refractivity contribution in [1.82, 2.24) is 0 Å². The number of carbonyl (C=O) groups is 3. The number of hydrogen-bond acceptors (Lipinski definition) is 6. The van der Waals surface area contributed by atoms with Crippen molar-refractivity contribution < 1.29 is 24.2 Å². The predicted octanol–water partition coefficient (Wildman–Crippen LogP) is 2.16. The Labute approximate surface area is 156 Å². The second-order valence-electron chi connectivity index (χ2n) is 5.43. The minimum Gasteiger partial charge on any atom is -0.495 e. The first kappa shape index (κ1) is 21.3. The van der Waals surface area contributed by atoms with E-state index in [0.29, 0.717) is 22.8 Å². The zero-order chi connectivity index (χ0) is 20.6. The lowest BCUT2D eigenvalue weighted by Gasteiger charge is -2.07. The minimum atomic E-state index is -1.12. The summed E-state index contributed by atoms with van der Waals surface area (Å²) in [5.41, 5.74) is 12.8. The molecule has 0 aliphatic heterocycles. The number of carboxylic acid groups (broad SMARTS) is 1. The van der Waals surface area contributed by atoms with Crippen LogP contribution in [0.5, 0.6) is 5.75 Å². The van der Waals surface area contributed by atoms with Gasteiger partial charge in [-0.15, -0.1) is 0 Å². The molecule has 0 bridgehead atoms. The summed E-state index contributed by atoms with van der Waals surface area (Å²) in [6.45, 7) is 2.75. The SMILES string of the molecule is CC(=O)Nc1ccc(N)cc1C(=O)O.COc1cc(NC(C)=O)ccc1N. The molecule has 7 N–H and O–H groups in total. The van der Waals surface area contributed by atoms with E-state index >= 15 is 0 Å². The van der Waals surface area contributed by atoms with Gasteiger partial charge in [-0.25, -0.2) is 4.79 Å². The van der Waals surface area contributed by atoms with Gasteiger partial charge in [-0.2, -0.15) is 0 Å². The minimum absolute atomic E-state index is 0.0137. The number of methoxy groups -OCH3 is 1. The number of benzene rings is 2. The first-order valence-corrected chi connectivity index (χ1v) is 7.75. The molecule has 2 aromatic rings. The average molecular weight is 374 g/mol. The van der Waals surface area contributed by atoms with Crippen LogP contribution in [0.2, 0.25) is 0 Å². The number of amides is 2. The third kappa shape index (κ3) is 6.94. The molecule has 144 valence electrons. The van der Waals surface area contributed by atoms with Crippen molar-refractivity contribution in [3.05, 3.63) is 42.0 Å². The standard InChI is InChI=1S/C9H10N2O3.C9H12N2O2/c1-5(12)11-8-3-2-6(10)4-7(8)9(13)14;1-6(12)11-7-3-4-8(10)9(5-7)13-2/h2-4H,10H2,1H3,(H,11,12)(H,13,14);3-5H,10H2,1-2H3,(H,11,12). The Hall–Kier alpha value is -3.75. The van der Waals surface area contributed by atoms with Crippen LogP contribution in [-0.2, 0) is 9.59 Å². The highest BCUT2D eigenvalue weighted by Gasteiger charge is 2.10. The molecule has 0 radical (unpaired) electrons. The van der Waals surface area contributed by atoms with Gasteiger partial charge in [-0.3, -0.25) is 9.59 Å². The number of hydrogen-bond donors (Lipinski definition) is 5. The van der Waals surface area contributed by atoms with E-state index in [-0.39, 0.29) is 23.1 Å². The molecule has 27 heavy (non-hydrogen) atoms. The lowest BCUT2D eigenvalue weighted by Crippen LogP contribution is -2.11. The highest BCUT2D eigenvalue weighted by atomic mass is 16.5. The van der Waals surface area contributed by atoms with Crippen LogP contribution in [0.25, 0.3) is 0 Å². The lowest BCUT2D eigenvalue weighted by atomic mass is 10.1. The van der Waals surface area contributed by atoms with Gasteiger partial charge in [0.1, 0.15) is 5.75 Å². The van der Waals surface area contributed by atoms with Gasteiger partial charge in [-0.05, 0) is 30.3 Å². The fourth-order valence-electron chi connectivity index (χ4n) is 2.03. The lowest BCUT2D eigenvalue weighted by molar-refractivity contribution is -0.115. The predicted molar refractivity (Wildman–Crippen MR) is 104 cm³/mol. The first-order chi connectivity index (χ1) is 12.6. The number of anilines is 4. The normalized spacial score (nSPS) is 9.44. The molecule has 2 rings (SSSR count).